The molecule has 1 heterocycles. The molecule has 0 atom stereocenters. The van der Waals surface area contributed by atoms with Gasteiger partial charge in [0.25, 0.3) is 0 Å². The Labute approximate surface area is 140 Å². The highest BCUT2D eigenvalue weighted by atomic mass is 35.5. The summed E-state index contributed by atoms with van der Waals surface area (Å²) in [5.74, 6) is 0.151. The summed E-state index contributed by atoms with van der Waals surface area (Å²) < 4.78 is 12.3. The second-order valence-corrected chi connectivity index (χ2v) is 5.40. The summed E-state index contributed by atoms with van der Waals surface area (Å²) in [6.45, 7) is 4.24. The molecule has 0 bridgehead atoms. The lowest BCUT2D eigenvalue weighted by Crippen LogP contribution is -2.10. The molecule has 0 saturated heterocycles. The van der Waals surface area contributed by atoms with Crippen LogP contribution in [0.5, 0.6) is 5.75 Å². The van der Waals surface area contributed by atoms with Gasteiger partial charge in [0.15, 0.2) is 0 Å². The van der Waals surface area contributed by atoms with E-state index in [1.54, 1.807) is 22.9 Å². The van der Waals surface area contributed by atoms with Crippen LogP contribution in [0.3, 0.4) is 0 Å². The van der Waals surface area contributed by atoms with Crippen molar-refractivity contribution in [2.75, 3.05) is 13.2 Å². The molecule has 122 valence electrons. The highest BCUT2D eigenvalue weighted by Gasteiger charge is 2.07. The summed E-state index contributed by atoms with van der Waals surface area (Å²) in [6.07, 6.45) is 3.11. The van der Waals surface area contributed by atoms with Crippen LogP contribution in [0.25, 0.3) is 6.08 Å². The van der Waals surface area contributed by atoms with Crippen LogP contribution in [0.4, 0.5) is 0 Å². The molecular weight excluding hydrogens is 316 g/mol. The fourth-order valence-electron chi connectivity index (χ4n) is 2.09. The largest absolute Gasteiger partial charge is 0.488 e. The molecule has 2 rings (SSSR count). The molecule has 0 fully saturated rings. The molecule has 5 nitrogen and oxygen atoms in total. The quantitative estimate of drug-likeness (QED) is 0.462. The van der Waals surface area contributed by atoms with Crippen LogP contribution in [0.1, 0.15) is 17.0 Å². The minimum Gasteiger partial charge on any atom is -0.488 e. The van der Waals surface area contributed by atoms with E-state index in [2.05, 4.69) is 5.10 Å². The molecule has 23 heavy (non-hydrogen) atoms. The van der Waals surface area contributed by atoms with Crippen molar-refractivity contribution in [2.24, 2.45) is 7.05 Å². The summed E-state index contributed by atoms with van der Waals surface area (Å²) in [7, 11) is 1.87. The van der Waals surface area contributed by atoms with E-state index in [0.717, 1.165) is 17.0 Å². The van der Waals surface area contributed by atoms with Crippen LogP contribution in [0, 0.1) is 13.8 Å². The molecule has 6 heteroatoms. The van der Waals surface area contributed by atoms with Gasteiger partial charge in [0.2, 0.25) is 0 Å². The average molecular weight is 335 g/mol. The van der Waals surface area contributed by atoms with Gasteiger partial charge in [-0.15, -0.1) is 0 Å². The van der Waals surface area contributed by atoms with Gasteiger partial charge >= 0.3 is 5.97 Å². The highest BCUT2D eigenvalue weighted by molar-refractivity contribution is 6.32. The van der Waals surface area contributed by atoms with Crippen LogP contribution in [-0.2, 0) is 16.6 Å². The first kappa shape index (κ1) is 17.1. The number of ether oxygens (including phenoxy) is 2. The van der Waals surface area contributed by atoms with Crippen molar-refractivity contribution < 1.29 is 14.3 Å². The van der Waals surface area contributed by atoms with E-state index in [4.69, 9.17) is 21.1 Å². The number of benzene rings is 1. The number of carbonyl (C=O) groups is 1. The summed E-state index contributed by atoms with van der Waals surface area (Å²) >= 11 is 5.96. The number of hydrogen-bond donors (Lipinski definition) is 0. The van der Waals surface area contributed by atoms with E-state index in [9.17, 15) is 4.79 Å². The molecule has 1 aromatic carbocycles. The zero-order chi connectivity index (χ0) is 16.8. The van der Waals surface area contributed by atoms with Crippen LogP contribution in [0.2, 0.25) is 5.02 Å². The number of rotatable bonds is 6. The molecule has 0 N–H and O–H groups in total. The van der Waals surface area contributed by atoms with Gasteiger partial charge in [0.05, 0.1) is 10.7 Å². The lowest BCUT2D eigenvalue weighted by atomic mass is 10.2. The van der Waals surface area contributed by atoms with Gasteiger partial charge in [-0.1, -0.05) is 23.7 Å². The van der Waals surface area contributed by atoms with Crippen molar-refractivity contribution in [1.82, 2.24) is 9.78 Å². The second kappa shape index (κ2) is 7.83. The lowest BCUT2D eigenvalue weighted by Gasteiger charge is -2.07. The van der Waals surface area contributed by atoms with Gasteiger partial charge in [-0.2, -0.15) is 5.10 Å². The Balaban J connectivity index is 1.79. The Bertz CT molecular complexity index is 723. The third kappa shape index (κ3) is 4.60. The Morgan fingerprint density at radius 2 is 2.04 bits per heavy atom. The van der Waals surface area contributed by atoms with E-state index in [1.165, 1.54) is 6.08 Å². The molecule has 0 aliphatic rings. The predicted molar refractivity (Wildman–Crippen MR) is 89.6 cm³/mol. The molecule has 0 aliphatic carbocycles. The Kier molecular flexibility index (Phi) is 5.82. The normalized spacial score (nSPS) is 11.0. The topological polar surface area (TPSA) is 53.4 Å². The maximum Gasteiger partial charge on any atom is 0.330 e. The SMILES string of the molecule is Cc1nn(C)c(C)c1/C=C/C(=O)OCCOc1ccccc1Cl. The minimum atomic E-state index is -0.421. The molecule has 0 spiro atoms. The van der Waals surface area contributed by atoms with Crippen LogP contribution in [0.15, 0.2) is 30.3 Å². The third-order valence-electron chi connectivity index (χ3n) is 3.37. The standard InChI is InChI=1S/C17H19ClN2O3/c1-12-14(13(2)20(3)19-12)8-9-17(21)23-11-10-22-16-7-5-4-6-15(16)18/h4-9H,10-11H2,1-3H3/b9-8+. The minimum absolute atomic E-state index is 0.152. The van der Waals surface area contributed by atoms with E-state index < -0.39 is 5.97 Å². The summed E-state index contributed by atoms with van der Waals surface area (Å²) in [5, 5.41) is 4.82. The van der Waals surface area contributed by atoms with Gasteiger partial charge in [-0.05, 0) is 32.1 Å². The summed E-state index contributed by atoms with van der Waals surface area (Å²) in [6, 6.07) is 7.15. The fraction of sp³-hybridized carbons (Fsp3) is 0.294. The fourth-order valence-corrected chi connectivity index (χ4v) is 2.28. The maximum atomic E-state index is 11.7. The molecule has 0 radical (unpaired) electrons. The zero-order valence-electron chi connectivity index (χ0n) is 13.4. The van der Waals surface area contributed by atoms with Crippen molar-refractivity contribution in [3.8, 4) is 5.75 Å². The highest BCUT2D eigenvalue weighted by Crippen LogP contribution is 2.22. The molecule has 0 unspecified atom stereocenters. The molecular formula is C17H19ClN2O3. The van der Waals surface area contributed by atoms with E-state index in [-0.39, 0.29) is 13.2 Å². The van der Waals surface area contributed by atoms with Crippen molar-refractivity contribution in [3.63, 3.8) is 0 Å². The average Bonchev–Trinajstić information content (AvgIpc) is 2.76. The van der Waals surface area contributed by atoms with Crippen LogP contribution >= 0.6 is 11.6 Å². The van der Waals surface area contributed by atoms with Gasteiger partial charge in [-0.25, -0.2) is 4.79 Å². The number of esters is 1. The monoisotopic (exact) mass is 334 g/mol. The van der Waals surface area contributed by atoms with Crippen LogP contribution < -0.4 is 4.74 Å². The Morgan fingerprint density at radius 1 is 1.30 bits per heavy atom. The van der Waals surface area contributed by atoms with Crippen molar-refractivity contribution in [2.45, 2.75) is 13.8 Å². The zero-order valence-corrected chi connectivity index (χ0v) is 14.1. The van der Waals surface area contributed by atoms with Gasteiger partial charge < -0.3 is 9.47 Å². The van der Waals surface area contributed by atoms with Crippen LogP contribution in [-0.4, -0.2) is 29.0 Å². The number of nitrogens with zero attached hydrogens (tertiary/aromatic N) is 2. The number of aromatic nitrogens is 2. The lowest BCUT2D eigenvalue weighted by molar-refractivity contribution is -0.138. The Hall–Kier alpha value is -2.27. The van der Waals surface area contributed by atoms with Crippen molar-refractivity contribution in [3.05, 3.63) is 52.3 Å². The third-order valence-corrected chi connectivity index (χ3v) is 3.69. The molecule has 0 aliphatic heterocycles. The predicted octanol–water partition coefficient (Wildman–Crippen LogP) is 3.33. The number of hydrogen-bond acceptors (Lipinski definition) is 4. The van der Waals surface area contributed by atoms with Gasteiger partial charge in [0, 0.05) is 24.4 Å². The van der Waals surface area contributed by atoms with E-state index in [0.29, 0.717) is 10.8 Å². The number of aryl methyl sites for hydroxylation is 2. The first-order valence-corrected chi connectivity index (χ1v) is 7.59. The van der Waals surface area contributed by atoms with E-state index in [1.807, 2.05) is 33.0 Å². The van der Waals surface area contributed by atoms with Crippen molar-refractivity contribution in [1.29, 1.82) is 0 Å². The molecule has 0 amide bonds. The van der Waals surface area contributed by atoms with Gasteiger partial charge in [-0.3, -0.25) is 4.68 Å². The Morgan fingerprint density at radius 3 is 2.70 bits per heavy atom. The van der Waals surface area contributed by atoms with E-state index >= 15 is 0 Å². The summed E-state index contributed by atoms with van der Waals surface area (Å²) in [5.41, 5.74) is 2.79. The number of carbonyl (C=O) groups excluding carboxylic acids is 1. The van der Waals surface area contributed by atoms with Crippen molar-refractivity contribution >= 4 is 23.6 Å². The maximum absolute atomic E-state index is 11.7. The molecule has 1 aromatic heterocycles. The van der Waals surface area contributed by atoms with Gasteiger partial charge in [0.1, 0.15) is 19.0 Å². The smallest absolute Gasteiger partial charge is 0.330 e. The molecule has 2 aromatic rings. The summed E-state index contributed by atoms with van der Waals surface area (Å²) in [4.78, 5) is 11.7. The first-order chi connectivity index (χ1) is 11.0. The number of para-hydroxylation sites is 1. The molecule has 0 saturated carbocycles. The second-order valence-electron chi connectivity index (χ2n) is 4.99. The number of halogens is 1. The first-order valence-electron chi connectivity index (χ1n) is 7.21.